The molecule has 0 saturated heterocycles. The molecule has 0 amide bonds. The number of aliphatic carboxylic acids is 1. The predicted octanol–water partition coefficient (Wildman–Crippen LogP) is 3.93. The van der Waals surface area contributed by atoms with Gasteiger partial charge >= 0.3 is 5.97 Å². The van der Waals surface area contributed by atoms with E-state index >= 15 is 0 Å². The van der Waals surface area contributed by atoms with Crippen LogP contribution in [0.4, 0.5) is 0 Å². The van der Waals surface area contributed by atoms with Gasteiger partial charge in [0.05, 0.1) is 5.57 Å². The number of benzene rings is 1. The highest BCUT2D eigenvalue weighted by atomic mass is 16.4. The fraction of sp³-hybridized carbons (Fsp3) is 0.400. The lowest BCUT2D eigenvalue weighted by Crippen LogP contribution is -2.08. The summed E-state index contributed by atoms with van der Waals surface area (Å²) in [6, 6.07) is 7.76. The third kappa shape index (κ3) is 2.96. The van der Waals surface area contributed by atoms with Crippen LogP contribution in [0.25, 0.3) is 5.57 Å². The van der Waals surface area contributed by atoms with Crippen molar-refractivity contribution in [1.82, 2.24) is 0 Å². The Morgan fingerprint density at radius 2 is 1.82 bits per heavy atom. The maximum atomic E-state index is 11.2. The summed E-state index contributed by atoms with van der Waals surface area (Å²) in [5.41, 5.74) is 2.33. The van der Waals surface area contributed by atoms with E-state index < -0.39 is 5.97 Å². The Bertz CT molecular complexity index is 430. The second-order valence-corrected chi connectivity index (χ2v) is 4.63. The maximum Gasteiger partial charge on any atom is 0.335 e. The number of carboxylic acids is 1. The molecule has 2 heteroatoms. The van der Waals surface area contributed by atoms with Gasteiger partial charge in [-0.3, -0.25) is 0 Å². The minimum Gasteiger partial charge on any atom is -0.478 e. The van der Waals surface area contributed by atoms with Crippen LogP contribution in [0.2, 0.25) is 0 Å². The van der Waals surface area contributed by atoms with Crippen LogP contribution in [0.5, 0.6) is 0 Å². The smallest absolute Gasteiger partial charge is 0.335 e. The molecule has 0 aromatic heterocycles. The van der Waals surface area contributed by atoms with Gasteiger partial charge in [0.1, 0.15) is 0 Å². The first-order chi connectivity index (χ1) is 7.99. The average Bonchev–Trinajstić information content (AvgIpc) is 2.29. The standard InChI is InChI=1S/C15H20O2/c1-5-12(15(16)17)14-9-7-6-8-13(14)11(4)10(2)3/h5-11H,1-4H3,(H,16,17)/b12-5+. The molecular weight excluding hydrogens is 212 g/mol. The molecule has 1 rings (SSSR count). The molecule has 0 aliphatic carbocycles. The number of hydrogen-bond donors (Lipinski definition) is 1. The van der Waals surface area contributed by atoms with Crippen LogP contribution < -0.4 is 0 Å². The van der Waals surface area contributed by atoms with Gasteiger partial charge in [0.2, 0.25) is 0 Å². The second-order valence-electron chi connectivity index (χ2n) is 4.63. The van der Waals surface area contributed by atoms with Gasteiger partial charge in [-0.25, -0.2) is 4.79 Å². The zero-order chi connectivity index (χ0) is 13.0. The molecule has 0 fully saturated rings. The lowest BCUT2D eigenvalue weighted by Gasteiger charge is -2.20. The minimum atomic E-state index is -0.865. The van der Waals surface area contributed by atoms with Crippen molar-refractivity contribution in [3.05, 3.63) is 41.5 Å². The van der Waals surface area contributed by atoms with Gasteiger partial charge in [-0.1, -0.05) is 51.1 Å². The van der Waals surface area contributed by atoms with Crippen LogP contribution in [-0.4, -0.2) is 11.1 Å². The Labute approximate surface area is 103 Å². The van der Waals surface area contributed by atoms with Gasteiger partial charge in [-0.05, 0) is 29.9 Å². The van der Waals surface area contributed by atoms with Crippen molar-refractivity contribution in [2.75, 3.05) is 0 Å². The third-order valence-electron chi connectivity index (χ3n) is 3.26. The molecule has 2 nitrogen and oxygen atoms in total. The number of rotatable bonds is 4. The minimum absolute atomic E-state index is 0.348. The van der Waals surface area contributed by atoms with Crippen molar-refractivity contribution < 1.29 is 9.90 Å². The van der Waals surface area contributed by atoms with E-state index in [2.05, 4.69) is 20.8 Å². The van der Waals surface area contributed by atoms with Gasteiger partial charge in [-0.15, -0.1) is 0 Å². The van der Waals surface area contributed by atoms with Crippen molar-refractivity contribution in [3.8, 4) is 0 Å². The lowest BCUT2D eigenvalue weighted by molar-refractivity contribution is -0.130. The first kappa shape index (κ1) is 13.5. The summed E-state index contributed by atoms with van der Waals surface area (Å²) in [4.78, 5) is 11.2. The molecule has 1 N–H and O–H groups in total. The zero-order valence-electron chi connectivity index (χ0n) is 10.9. The van der Waals surface area contributed by atoms with Gasteiger partial charge in [0.25, 0.3) is 0 Å². The maximum absolute atomic E-state index is 11.2. The molecular formula is C15H20O2. The molecule has 17 heavy (non-hydrogen) atoms. The Morgan fingerprint density at radius 3 is 2.29 bits per heavy atom. The van der Waals surface area contributed by atoms with Crippen LogP contribution in [0.15, 0.2) is 30.3 Å². The number of carboxylic acid groups (broad SMARTS) is 1. The Hall–Kier alpha value is -1.57. The molecule has 0 radical (unpaired) electrons. The summed E-state index contributed by atoms with van der Waals surface area (Å²) in [5, 5.41) is 9.20. The van der Waals surface area contributed by atoms with E-state index in [9.17, 15) is 9.90 Å². The first-order valence-electron chi connectivity index (χ1n) is 5.98. The van der Waals surface area contributed by atoms with E-state index in [0.717, 1.165) is 11.1 Å². The molecule has 0 aliphatic heterocycles. The average molecular weight is 232 g/mol. The highest BCUT2D eigenvalue weighted by Gasteiger charge is 2.18. The van der Waals surface area contributed by atoms with Crippen molar-refractivity contribution in [2.45, 2.75) is 33.6 Å². The normalized spacial score (nSPS) is 13.8. The van der Waals surface area contributed by atoms with Crippen LogP contribution in [0.1, 0.15) is 44.7 Å². The van der Waals surface area contributed by atoms with E-state index in [1.165, 1.54) is 0 Å². The van der Waals surface area contributed by atoms with Crippen molar-refractivity contribution in [2.24, 2.45) is 5.92 Å². The fourth-order valence-electron chi connectivity index (χ4n) is 1.89. The summed E-state index contributed by atoms with van der Waals surface area (Å²) in [6.45, 7) is 8.20. The summed E-state index contributed by atoms with van der Waals surface area (Å²) < 4.78 is 0. The van der Waals surface area contributed by atoms with Gasteiger partial charge in [-0.2, -0.15) is 0 Å². The lowest BCUT2D eigenvalue weighted by atomic mass is 9.85. The molecule has 0 aliphatic rings. The summed E-state index contributed by atoms with van der Waals surface area (Å²) in [7, 11) is 0. The first-order valence-corrected chi connectivity index (χ1v) is 5.98. The number of carbonyl (C=O) groups is 1. The highest BCUT2D eigenvalue weighted by Crippen LogP contribution is 2.30. The van der Waals surface area contributed by atoms with Crippen LogP contribution in [0, 0.1) is 5.92 Å². The number of allylic oxidation sites excluding steroid dienone is 1. The molecule has 0 bridgehead atoms. The Kier molecular flexibility index (Phi) is 4.50. The quantitative estimate of drug-likeness (QED) is 0.798. The zero-order valence-corrected chi connectivity index (χ0v) is 10.9. The largest absolute Gasteiger partial charge is 0.478 e. The molecule has 1 aromatic carbocycles. The molecule has 0 saturated carbocycles. The molecule has 0 spiro atoms. The summed E-state index contributed by atoms with van der Waals surface area (Å²) in [6.07, 6.45) is 1.66. The Balaban J connectivity index is 3.30. The van der Waals surface area contributed by atoms with Crippen molar-refractivity contribution >= 4 is 11.5 Å². The molecule has 1 aromatic rings. The van der Waals surface area contributed by atoms with E-state index in [0.29, 0.717) is 17.4 Å². The predicted molar refractivity (Wildman–Crippen MR) is 71.0 cm³/mol. The van der Waals surface area contributed by atoms with Crippen molar-refractivity contribution in [1.29, 1.82) is 0 Å². The molecule has 92 valence electrons. The van der Waals surface area contributed by atoms with Crippen molar-refractivity contribution in [3.63, 3.8) is 0 Å². The Morgan fingerprint density at radius 1 is 1.24 bits per heavy atom. The van der Waals surface area contributed by atoms with Gasteiger partial charge in [0, 0.05) is 0 Å². The summed E-state index contributed by atoms with van der Waals surface area (Å²) in [5.74, 6) is -0.0283. The second kappa shape index (κ2) is 5.67. The van der Waals surface area contributed by atoms with Gasteiger partial charge in [0.15, 0.2) is 0 Å². The third-order valence-corrected chi connectivity index (χ3v) is 3.26. The summed E-state index contributed by atoms with van der Waals surface area (Å²) >= 11 is 0. The van der Waals surface area contributed by atoms with E-state index in [-0.39, 0.29) is 0 Å². The number of hydrogen-bond acceptors (Lipinski definition) is 1. The van der Waals surface area contributed by atoms with E-state index in [1.54, 1.807) is 13.0 Å². The van der Waals surface area contributed by atoms with Crippen LogP contribution in [0.3, 0.4) is 0 Å². The molecule has 1 unspecified atom stereocenters. The topological polar surface area (TPSA) is 37.3 Å². The van der Waals surface area contributed by atoms with E-state index in [4.69, 9.17) is 0 Å². The SMILES string of the molecule is C/C=C(/C(=O)O)c1ccccc1C(C)C(C)C. The fourth-order valence-corrected chi connectivity index (χ4v) is 1.89. The van der Waals surface area contributed by atoms with Crippen LogP contribution in [-0.2, 0) is 4.79 Å². The monoisotopic (exact) mass is 232 g/mol. The van der Waals surface area contributed by atoms with Crippen LogP contribution >= 0.6 is 0 Å². The van der Waals surface area contributed by atoms with E-state index in [1.807, 2.05) is 24.3 Å². The molecule has 1 atom stereocenters. The molecule has 0 heterocycles. The van der Waals surface area contributed by atoms with Gasteiger partial charge < -0.3 is 5.11 Å². The highest BCUT2D eigenvalue weighted by molar-refractivity contribution is 6.15.